The molecule has 1 fully saturated rings. The van der Waals surface area contributed by atoms with E-state index in [1.165, 1.54) is 64.7 Å². The van der Waals surface area contributed by atoms with Crippen LogP contribution in [0.3, 0.4) is 0 Å². The van der Waals surface area contributed by atoms with Crippen LogP contribution in [0.25, 0.3) is 0 Å². The van der Waals surface area contributed by atoms with Crippen LogP contribution in [0.4, 0.5) is 0 Å². The van der Waals surface area contributed by atoms with E-state index in [0.717, 1.165) is 5.92 Å². The Hall–Kier alpha value is -0.0800. The van der Waals surface area contributed by atoms with Crippen molar-refractivity contribution < 1.29 is 0 Å². The van der Waals surface area contributed by atoms with Crippen LogP contribution < -0.4 is 10.6 Å². The van der Waals surface area contributed by atoms with Gasteiger partial charge in [-0.05, 0) is 57.8 Å². The first-order valence-electron chi connectivity index (χ1n) is 6.35. The van der Waals surface area contributed by atoms with Crippen molar-refractivity contribution in [1.82, 2.24) is 10.6 Å². The fourth-order valence-electron chi connectivity index (χ4n) is 2.16. The summed E-state index contributed by atoms with van der Waals surface area (Å²) in [4.78, 5) is 0. The van der Waals surface area contributed by atoms with Gasteiger partial charge in [-0.1, -0.05) is 19.8 Å². The van der Waals surface area contributed by atoms with Crippen LogP contribution >= 0.6 is 0 Å². The van der Waals surface area contributed by atoms with E-state index in [1.807, 2.05) is 0 Å². The van der Waals surface area contributed by atoms with Gasteiger partial charge in [0.1, 0.15) is 0 Å². The summed E-state index contributed by atoms with van der Waals surface area (Å²) in [7, 11) is 0. The maximum atomic E-state index is 3.56. The van der Waals surface area contributed by atoms with Crippen molar-refractivity contribution in [2.75, 3.05) is 26.2 Å². The van der Waals surface area contributed by atoms with Crippen molar-refractivity contribution >= 4 is 0 Å². The highest BCUT2D eigenvalue weighted by Crippen LogP contribution is 2.23. The zero-order chi connectivity index (χ0) is 10.1. The smallest absolute Gasteiger partial charge is 0.00205 e. The predicted molar refractivity (Wildman–Crippen MR) is 62.6 cm³/mol. The largest absolute Gasteiger partial charge is 0.317 e. The molecule has 1 saturated carbocycles. The Labute approximate surface area is 88.8 Å². The lowest BCUT2D eigenvalue weighted by Crippen LogP contribution is -2.25. The molecule has 0 aromatic heterocycles. The zero-order valence-electron chi connectivity index (χ0n) is 9.65. The molecule has 0 radical (unpaired) electrons. The molecule has 84 valence electrons. The van der Waals surface area contributed by atoms with Gasteiger partial charge in [0.05, 0.1) is 0 Å². The number of rotatable bonds is 8. The van der Waals surface area contributed by atoms with E-state index >= 15 is 0 Å². The number of hydrogen-bond acceptors (Lipinski definition) is 2. The molecule has 0 spiro atoms. The van der Waals surface area contributed by atoms with Crippen molar-refractivity contribution in [2.45, 2.75) is 45.4 Å². The highest BCUT2D eigenvalue weighted by Gasteiger charge is 2.13. The lowest BCUT2D eigenvalue weighted by Gasteiger charge is -2.10. The average Bonchev–Trinajstić information content (AvgIpc) is 2.69. The molecular formula is C12H26N2. The topological polar surface area (TPSA) is 24.1 Å². The maximum absolute atomic E-state index is 3.56. The summed E-state index contributed by atoms with van der Waals surface area (Å²) in [5.41, 5.74) is 0. The zero-order valence-corrected chi connectivity index (χ0v) is 9.65. The van der Waals surface area contributed by atoms with Crippen LogP contribution in [0.1, 0.15) is 45.4 Å². The van der Waals surface area contributed by atoms with E-state index in [-0.39, 0.29) is 0 Å². The Morgan fingerprint density at radius 3 is 2.43 bits per heavy atom. The molecule has 1 aliphatic carbocycles. The first-order chi connectivity index (χ1) is 6.93. The molecular weight excluding hydrogens is 172 g/mol. The summed E-state index contributed by atoms with van der Waals surface area (Å²) >= 11 is 0. The van der Waals surface area contributed by atoms with Crippen molar-refractivity contribution in [3.63, 3.8) is 0 Å². The van der Waals surface area contributed by atoms with Gasteiger partial charge in [0.15, 0.2) is 0 Å². The number of hydrogen-bond donors (Lipinski definition) is 2. The predicted octanol–water partition coefficient (Wildman–Crippen LogP) is 2.16. The Balaban J connectivity index is 1.75. The first kappa shape index (κ1) is 12.0. The molecule has 0 amide bonds. The van der Waals surface area contributed by atoms with E-state index in [1.54, 1.807) is 0 Å². The molecule has 2 N–H and O–H groups in total. The van der Waals surface area contributed by atoms with E-state index in [2.05, 4.69) is 17.6 Å². The van der Waals surface area contributed by atoms with Crippen LogP contribution in [0.2, 0.25) is 0 Å². The summed E-state index contributed by atoms with van der Waals surface area (Å²) in [6, 6.07) is 0. The highest BCUT2D eigenvalue weighted by molar-refractivity contribution is 4.69. The Morgan fingerprint density at radius 2 is 1.71 bits per heavy atom. The summed E-state index contributed by atoms with van der Waals surface area (Å²) in [6.07, 6.45) is 8.36. The molecule has 0 bridgehead atoms. The van der Waals surface area contributed by atoms with Crippen LogP contribution in [-0.2, 0) is 0 Å². The molecule has 0 heterocycles. The van der Waals surface area contributed by atoms with Crippen molar-refractivity contribution in [1.29, 1.82) is 0 Å². The average molecular weight is 198 g/mol. The van der Waals surface area contributed by atoms with E-state index in [9.17, 15) is 0 Å². The van der Waals surface area contributed by atoms with Gasteiger partial charge in [0, 0.05) is 0 Å². The van der Waals surface area contributed by atoms with E-state index in [0.29, 0.717) is 0 Å². The molecule has 0 aromatic rings. The number of nitrogens with one attached hydrogen (secondary N) is 2. The molecule has 1 aliphatic rings. The van der Waals surface area contributed by atoms with Gasteiger partial charge in [-0.2, -0.15) is 0 Å². The molecule has 1 rings (SSSR count). The third kappa shape index (κ3) is 5.61. The van der Waals surface area contributed by atoms with Gasteiger partial charge in [0.25, 0.3) is 0 Å². The minimum absolute atomic E-state index is 0.985. The third-order valence-corrected chi connectivity index (χ3v) is 3.04. The van der Waals surface area contributed by atoms with Crippen molar-refractivity contribution in [3.8, 4) is 0 Å². The van der Waals surface area contributed by atoms with Gasteiger partial charge in [-0.3, -0.25) is 0 Å². The van der Waals surface area contributed by atoms with E-state index < -0.39 is 0 Å². The Kier molecular flexibility index (Phi) is 7.06. The minimum Gasteiger partial charge on any atom is -0.317 e. The molecule has 14 heavy (non-hydrogen) atoms. The molecule has 0 saturated heterocycles. The van der Waals surface area contributed by atoms with Gasteiger partial charge in [-0.25, -0.2) is 0 Å². The van der Waals surface area contributed by atoms with Crippen LogP contribution in [0, 0.1) is 5.92 Å². The second-order valence-corrected chi connectivity index (χ2v) is 4.46. The van der Waals surface area contributed by atoms with Crippen LogP contribution in [0.5, 0.6) is 0 Å². The lowest BCUT2D eigenvalue weighted by molar-refractivity contribution is 0.481. The lowest BCUT2D eigenvalue weighted by atomic mass is 10.1. The molecule has 0 unspecified atom stereocenters. The molecule has 2 nitrogen and oxygen atoms in total. The summed E-state index contributed by atoms with van der Waals surface area (Å²) < 4.78 is 0. The van der Waals surface area contributed by atoms with Gasteiger partial charge in [0.2, 0.25) is 0 Å². The molecule has 2 heteroatoms. The summed E-state index contributed by atoms with van der Waals surface area (Å²) in [5, 5.41) is 6.99. The Bertz CT molecular complexity index is 119. The van der Waals surface area contributed by atoms with Gasteiger partial charge >= 0.3 is 0 Å². The second kappa shape index (κ2) is 8.25. The van der Waals surface area contributed by atoms with Crippen LogP contribution in [-0.4, -0.2) is 26.2 Å². The van der Waals surface area contributed by atoms with Crippen molar-refractivity contribution in [2.24, 2.45) is 5.92 Å². The summed E-state index contributed by atoms with van der Waals surface area (Å²) in [6.45, 7) is 7.00. The first-order valence-corrected chi connectivity index (χ1v) is 6.35. The maximum Gasteiger partial charge on any atom is -0.00205 e. The summed E-state index contributed by atoms with van der Waals surface area (Å²) in [5.74, 6) is 0.985. The molecule has 0 aromatic carbocycles. The monoisotopic (exact) mass is 198 g/mol. The van der Waals surface area contributed by atoms with E-state index in [4.69, 9.17) is 0 Å². The normalized spacial score (nSPS) is 17.8. The van der Waals surface area contributed by atoms with Gasteiger partial charge < -0.3 is 10.6 Å². The minimum atomic E-state index is 0.985. The fraction of sp³-hybridized carbons (Fsp3) is 1.00. The third-order valence-electron chi connectivity index (χ3n) is 3.04. The SMILES string of the molecule is CCCNCCCNCC1CCCC1. The fourth-order valence-corrected chi connectivity index (χ4v) is 2.16. The Morgan fingerprint density at radius 1 is 1.00 bits per heavy atom. The second-order valence-electron chi connectivity index (χ2n) is 4.46. The highest BCUT2D eigenvalue weighted by atomic mass is 14.9. The standard InChI is InChI=1S/C12H26N2/c1-2-8-13-9-5-10-14-11-12-6-3-4-7-12/h12-14H,2-11H2,1H3. The van der Waals surface area contributed by atoms with Gasteiger partial charge in [-0.15, -0.1) is 0 Å². The van der Waals surface area contributed by atoms with Crippen molar-refractivity contribution in [3.05, 3.63) is 0 Å². The quantitative estimate of drug-likeness (QED) is 0.584. The molecule has 0 atom stereocenters. The molecule has 0 aliphatic heterocycles. The van der Waals surface area contributed by atoms with Crippen LogP contribution in [0.15, 0.2) is 0 Å².